The molecular formula is C17H27N3O2. The van der Waals surface area contributed by atoms with E-state index in [0.29, 0.717) is 6.10 Å². The molecule has 1 spiro atoms. The van der Waals surface area contributed by atoms with Gasteiger partial charge in [-0.3, -0.25) is 9.88 Å². The number of hydrogen-bond acceptors (Lipinski definition) is 5. The van der Waals surface area contributed by atoms with Crippen LogP contribution in [-0.2, 0) is 16.0 Å². The number of ether oxygens (including phenoxy) is 2. The van der Waals surface area contributed by atoms with Crippen molar-refractivity contribution in [2.45, 2.75) is 31.1 Å². The summed E-state index contributed by atoms with van der Waals surface area (Å²) in [5, 5.41) is 0. The van der Waals surface area contributed by atoms with Crippen LogP contribution >= 0.6 is 0 Å². The van der Waals surface area contributed by atoms with E-state index >= 15 is 0 Å². The van der Waals surface area contributed by atoms with Crippen molar-refractivity contribution in [1.82, 2.24) is 14.8 Å². The molecule has 0 radical (unpaired) electrons. The molecular weight excluding hydrogens is 278 g/mol. The van der Waals surface area contributed by atoms with Crippen molar-refractivity contribution in [3.63, 3.8) is 0 Å². The van der Waals surface area contributed by atoms with Crippen molar-refractivity contribution in [3.8, 4) is 0 Å². The Hall–Kier alpha value is -1.01. The summed E-state index contributed by atoms with van der Waals surface area (Å²) in [6.07, 6.45) is 6.28. The highest BCUT2D eigenvalue weighted by molar-refractivity contribution is 5.10. The standard InChI is InChI=1S/C17H27N3O2/c1-19(2)12-16-3-6-17(22-16)13-20(9-10-21-14-17)11-15-4-7-18-8-5-15/h4-5,7-8,16H,3,6,9-14H2,1-2H3. The molecule has 0 amide bonds. The van der Waals surface area contributed by atoms with Gasteiger partial charge in [0.2, 0.25) is 0 Å². The zero-order valence-electron chi connectivity index (χ0n) is 13.7. The van der Waals surface area contributed by atoms with E-state index in [1.165, 1.54) is 5.56 Å². The molecule has 22 heavy (non-hydrogen) atoms. The summed E-state index contributed by atoms with van der Waals surface area (Å²) in [7, 11) is 4.21. The Balaban J connectivity index is 1.63. The topological polar surface area (TPSA) is 37.8 Å². The lowest BCUT2D eigenvalue weighted by atomic mass is 10.00. The summed E-state index contributed by atoms with van der Waals surface area (Å²) < 4.78 is 12.3. The molecule has 2 aliphatic rings. The SMILES string of the molecule is CN(C)CC1CCC2(COCCN(Cc3ccncc3)C2)O1. The number of pyridine rings is 1. The van der Waals surface area contributed by atoms with Gasteiger partial charge in [-0.15, -0.1) is 0 Å². The Morgan fingerprint density at radius 2 is 2.18 bits per heavy atom. The van der Waals surface area contributed by atoms with Gasteiger partial charge in [0.1, 0.15) is 5.60 Å². The summed E-state index contributed by atoms with van der Waals surface area (Å²) in [5.41, 5.74) is 1.18. The van der Waals surface area contributed by atoms with Gasteiger partial charge in [0, 0.05) is 38.6 Å². The fourth-order valence-corrected chi connectivity index (χ4v) is 3.52. The Labute approximate surface area is 133 Å². The molecule has 0 bridgehead atoms. The highest BCUT2D eigenvalue weighted by atomic mass is 16.6. The van der Waals surface area contributed by atoms with E-state index in [0.717, 1.165) is 52.2 Å². The van der Waals surface area contributed by atoms with Gasteiger partial charge in [-0.25, -0.2) is 0 Å². The van der Waals surface area contributed by atoms with Gasteiger partial charge >= 0.3 is 0 Å². The second-order valence-electron chi connectivity index (χ2n) is 6.84. The van der Waals surface area contributed by atoms with E-state index in [2.05, 4.69) is 41.0 Å². The van der Waals surface area contributed by atoms with Crippen molar-refractivity contribution < 1.29 is 9.47 Å². The number of aromatic nitrogens is 1. The van der Waals surface area contributed by atoms with E-state index in [-0.39, 0.29) is 5.60 Å². The zero-order valence-corrected chi connectivity index (χ0v) is 13.7. The molecule has 1 aromatic rings. The van der Waals surface area contributed by atoms with Crippen LogP contribution < -0.4 is 0 Å². The molecule has 3 heterocycles. The maximum absolute atomic E-state index is 6.43. The van der Waals surface area contributed by atoms with Gasteiger partial charge in [-0.1, -0.05) is 0 Å². The minimum atomic E-state index is -0.121. The molecule has 1 aromatic heterocycles. The predicted octanol–water partition coefficient (Wildman–Crippen LogP) is 1.39. The molecule has 0 saturated carbocycles. The molecule has 122 valence electrons. The van der Waals surface area contributed by atoms with Crippen LogP contribution in [0, 0.1) is 0 Å². The zero-order chi connectivity index (χ0) is 15.4. The predicted molar refractivity (Wildman–Crippen MR) is 85.7 cm³/mol. The van der Waals surface area contributed by atoms with Crippen LogP contribution in [0.4, 0.5) is 0 Å². The first kappa shape index (κ1) is 15.9. The number of hydrogen-bond donors (Lipinski definition) is 0. The maximum atomic E-state index is 6.43. The monoisotopic (exact) mass is 305 g/mol. The maximum Gasteiger partial charge on any atom is 0.105 e. The molecule has 0 aliphatic carbocycles. The summed E-state index contributed by atoms with van der Waals surface area (Å²) in [6.45, 7) is 5.37. The van der Waals surface area contributed by atoms with Crippen molar-refractivity contribution in [2.75, 3.05) is 46.9 Å². The average molecular weight is 305 g/mol. The second kappa shape index (κ2) is 7.04. The summed E-state index contributed by atoms with van der Waals surface area (Å²) in [6, 6.07) is 4.17. The molecule has 5 heteroatoms. The van der Waals surface area contributed by atoms with E-state index < -0.39 is 0 Å². The molecule has 2 aliphatic heterocycles. The van der Waals surface area contributed by atoms with Crippen LogP contribution in [0.3, 0.4) is 0 Å². The van der Waals surface area contributed by atoms with Crippen molar-refractivity contribution >= 4 is 0 Å². The Bertz CT molecular complexity index is 468. The van der Waals surface area contributed by atoms with Gasteiger partial charge in [0.15, 0.2) is 0 Å². The van der Waals surface area contributed by atoms with Crippen molar-refractivity contribution in [3.05, 3.63) is 30.1 Å². The largest absolute Gasteiger partial charge is 0.377 e. The highest BCUT2D eigenvalue weighted by Gasteiger charge is 2.43. The Morgan fingerprint density at radius 1 is 1.36 bits per heavy atom. The molecule has 0 N–H and O–H groups in total. The van der Waals surface area contributed by atoms with E-state index in [9.17, 15) is 0 Å². The minimum absolute atomic E-state index is 0.121. The van der Waals surface area contributed by atoms with Crippen LogP contribution in [0.1, 0.15) is 18.4 Å². The molecule has 2 saturated heterocycles. The molecule has 2 atom stereocenters. The first-order valence-corrected chi connectivity index (χ1v) is 8.17. The Morgan fingerprint density at radius 3 is 2.95 bits per heavy atom. The lowest BCUT2D eigenvalue weighted by molar-refractivity contribution is -0.0902. The third kappa shape index (κ3) is 4.04. The molecule has 3 rings (SSSR count). The van der Waals surface area contributed by atoms with Crippen molar-refractivity contribution in [2.24, 2.45) is 0 Å². The number of likely N-dealkylation sites (N-methyl/N-ethyl adjacent to an activating group) is 1. The lowest BCUT2D eigenvalue weighted by Crippen LogP contribution is -2.45. The first-order valence-electron chi connectivity index (χ1n) is 8.17. The van der Waals surface area contributed by atoms with E-state index in [1.807, 2.05) is 12.4 Å². The van der Waals surface area contributed by atoms with E-state index in [1.54, 1.807) is 0 Å². The molecule has 2 unspecified atom stereocenters. The van der Waals surface area contributed by atoms with E-state index in [4.69, 9.17) is 9.47 Å². The minimum Gasteiger partial charge on any atom is -0.377 e. The smallest absolute Gasteiger partial charge is 0.105 e. The van der Waals surface area contributed by atoms with Gasteiger partial charge < -0.3 is 14.4 Å². The lowest BCUT2D eigenvalue weighted by Gasteiger charge is -2.32. The normalized spacial score (nSPS) is 30.0. The average Bonchev–Trinajstić information content (AvgIpc) is 2.75. The summed E-state index contributed by atoms with van der Waals surface area (Å²) >= 11 is 0. The van der Waals surface area contributed by atoms with Gasteiger partial charge in [0.05, 0.1) is 19.3 Å². The second-order valence-corrected chi connectivity index (χ2v) is 6.84. The fraction of sp³-hybridized carbons (Fsp3) is 0.706. The van der Waals surface area contributed by atoms with Gasteiger partial charge in [-0.05, 0) is 44.6 Å². The Kier molecular flexibility index (Phi) is 5.08. The van der Waals surface area contributed by atoms with Crippen LogP contribution in [0.2, 0.25) is 0 Å². The third-order valence-corrected chi connectivity index (χ3v) is 4.49. The van der Waals surface area contributed by atoms with Crippen LogP contribution in [0.5, 0.6) is 0 Å². The van der Waals surface area contributed by atoms with Crippen LogP contribution in [0.25, 0.3) is 0 Å². The first-order chi connectivity index (χ1) is 10.7. The summed E-state index contributed by atoms with van der Waals surface area (Å²) in [4.78, 5) is 8.76. The van der Waals surface area contributed by atoms with Gasteiger partial charge in [-0.2, -0.15) is 0 Å². The summed E-state index contributed by atoms with van der Waals surface area (Å²) in [5.74, 6) is 0. The van der Waals surface area contributed by atoms with Gasteiger partial charge in [0.25, 0.3) is 0 Å². The highest BCUT2D eigenvalue weighted by Crippen LogP contribution is 2.33. The molecule has 2 fully saturated rings. The number of nitrogens with zero attached hydrogens (tertiary/aromatic N) is 3. The quantitative estimate of drug-likeness (QED) is 0.840. The van der Waals surface area contributed by atoms with Crippen molar-refractivity contribution in [1.29, 1.82) is 0 Å². The third-order valence-electron chi connectivity index (χ3n) is 4.49. The number of rotatable bonds is 4. The molecule has 5 nitrogen and oxygen atoms in total. The van der Waals surface area contributed by atoms with Crippen LogP contribution in [0.15, 0.2) is 24.5 Å². The molecule has 0 aromatic carbocycles. The van der Waals surface area contributed by atoms with Crippen LogP contribution in [-0.4, -0.2) is 73.4 Å². The fourth-order valence-electron chi connectivity index (χ4n) is 3.52.